The van der Waals surface area contributed by atoms with Crippen LogP contribution in [0.15, 0.2) is 42.5 Å². The molecule has 0 aliphatic rings. The van der Waals surface area contributed by atoms with E-state index >= 15 is 0 Å². The van der Waals surface area contributed by atoms with Gasteiger partial charge in [0.25, 0.3) is 11.8 Å². The van der Waals surface area contributed by atoms with Gasteiger partial charge in [0.1, 0.15) is 0 Å². The average molecular weight is 359 g/mol. The molecule has 2 aromatic rings. The first-order valence-electron chi connectivity index (χ1n) is 8.32. The number of aryl methyl sites for hydroxylation is 1. The van der Waals surface area contributed by atoms with Gasteiger partial charge in [0.15, 0.2) is 0 Å². The number of carbonyl (C=O) groups is 2. The second-order valence-electron chi connectivity index (χ2n) is 6.44. The number of amides is 2. The summed E-state index contributed by atoms with van der Waals surface area (Å²) in [5.74, 6) is 0.0733. The van der Waals surface area contributed by atoms with Crippen LogP contribution in [-0.4, -0.2) is 18.4 Å². The predicted molar refractivity (Wildman–Crippen MR) is 102 cm³/mol. The zero-order valence-electron chi connectivity index (χ0n) is 14.7. The van der Waals surface area contributed by atoms with E-state index in [9.17, 15) is 9.59 Å². The van der Waals surface area contributed by atoms with E-state index in [1.165, 1.54) is 0 Å². The largest absolute Gasteiger partial charge is 0.352 e. The van der Waals surface area contributed by atoms with Gasteiger partial charge in [-0.3, -0.25) is 9.59 Å². The quantitative estimate of drug-likeness (QED) is 0.787. The third kappa shape index (κ3) is 5.61. The van der Waals surface area contributed by atoms with Crippen molar-refractivity contribution in [3.63, 3.8) is 0 Å². The lowest BCUT2D eigenvalue weighted by Crippen LogP contribution is -2.25. The van der Waals surface area contributed by atoms with E-state index in [1.807, 2.05) is 13.0 Å². The molecule has 0 radical (unpaired) electrons. The Kier molecular flexibility index (Phi) is 6.59. The number of nitrogens with one attached hydrogen (secondary N) is 2. The lowest BCUT2D eigenvalue weighted by molar-refractivity contribution is 0.0952. The summed E-state index contributed by atoms with van der Waals surface area (Å²) in [6, 6.07) is 12.0. The molecule has 0 fully saturated rings. The van der Waals surface area contributed by atoms with Crippen molar-refractivity contribution in [2.24, 2.45) is 5.92 Å². The molecule has 2 aromatic carbocycles. The molecule has 0 aliphatic carbocycles. The molecule has 0 aliphatic heterocycles. The summed E-state index contributed by atoms with van der Waals surface area (Å²) in [4.78, 5) is 24.6. The molecule has 2 N–H and O–H groups in total. The third-order valence-corrected chi connectivity index (χ3v) is 4.23. The smallest absolute Gasteiger partial charge is 0.255 e. The number of carbonyl (C=O) groups excluding carboxylic acids is 2. The summed E-state index contributed by atoms with van der Waals surface area (Å²) in [6.45, 7) is 6.73. The molecule has 0 atom stereocenters. The fraction of sp³-hybridized carbons (Fsp3) is 0.300. The number of rotatable bonds is 6. The molecular formula is C20H23ClN2O2. The number of hydrogen-bond acceptors (Lipinski definition) is 2. The Morgan fingerprint density at radius 2 is 1.72 bits per heavy atom. The van der Waals surface area contributed by atoms with Crippen molar-refractivity contribution in [3.05, 3.63) is 64.2 Å². The van der Waals surface area contributed by atoms with Crippen LogP contribution in [0.5, 0.6) is 0 Å². The summed E-state index contributed by atoms with van der Waals surface area (Å²) in [5, 5.41) is 6.26. The van der Waals surface area contributed by atoms with E-state index < -0.39 is 0 Å². The van der Waals surface area contributed by atoms with Crippen LogP contribution in [0, 0.1) is 12.8 Å². The van der Waals surface area contributed by atoms with Crippen molar-refractivity contribution in [3.8, 4) is 0 Å². The zero-order valence-corrected chi connectivity index (χ0v) is 15.5. The molecule has 0 saturated carbocycles. The normalized spacial score (nSPS) is 10.6. The van der Waals surface area contributed by atoms with Crippen LogP contribution in [0.3, 0.4) is 0 Å². The topological polar surface area (TPSA) is 58.2 Å². The van der Waals surface area contributed by atoms with E-state index in [2.05, 4.69) is 24.5 Å². The summed E-state index contributed by atoms with van der Waals surface area (Å²) in [5.41, 5.74) is 2.46. The Bertz CT molecular complexity index is 772. The minimum absolute atomic E-state index is 0.173. The molecule has 2 amide bonds. The van der Waals surface area contributed by atoms with Gasteiger partial charge >= 0.3 is 0 Å². The number of anilines is 1. The van der Waals surface area contributed by atoms with Gasteiger partial charge in [-0.05, 0) is 55.2 Å². The van der Waals surface area contributed by atoms with Gasteiger partial charge in [-0.2, -0.15) is 0 Å². The molecule has 0 aromatic heterocycles. The van der Waals surface area contributed by atoms with Gasteiger partial charge in [0.05, 0.1) is 0 Å². The second-order valence-corrected chi connectivity index (χ2v) is 6.84. The maximum atomic E-state index is 12.4. The Morgan fingerprint density at radius 3 is 2.36 bits per heavy atom. The van der Waals surface area contributed by atoms with Crippen LogP contribution in [-0.2, 0) is 0 Å². The monoisotopic (exact) mass is 358 g/mol. The number of halogens is 1. The summed E-state index contributed by atoms with van der Waals surface area (Å²) >= 11 is 6.08. The van der Waals surface area contributed by atoms with Gasteiger partial charge < -0.3 is 10.6 Å². The van der Waals surface area contributed by atoms with E-state index in [1.54, 1.807) is 36.4 Å². The Hall–Kier alpha value is -2.33. The molecule has 132 valence electrons. The van der Waals surface area contributed by atoms with Crippen LogP contribution in [0.2, 0.25) is 5.02 Å². The lowest BCUT2D eigenvalue weighted by Gasteiger charge is -2.09. The Balaban J connectivity index is 2.05. The highest BCUT2D eigenvalue weighted by atomic mass is 35.5. The van der Waals surface area contributed by atoms with Crippen LogP contribution in [0.4, 0.5) is 5.69 Å². The number of benzene rings is 2. The summed E-state index contributed by atoms with van der Waals surface area (Å²) in [7, 11) is 0. The first-order valence-corrected chi connectivity index (χ1v) is 8.70. The fourth-order valence-corrected chi connectivity index (χ4v) is 2.43. The minimum atomic E-state index is -0.281. The van der Waals surface area contributed by atoms with Crippen molar-refractivity contribution in [1.82, 2.24) is 5.32 Å². The van der Waals surface area contributed by atoms with Gasteiger partial charge in [-0.15, -0.1) is 0 Å². The molecule has 0 bridgehead atoms. The fourth-order valence-electron chi connectivity index (χ4n) is 2.25. The molecule has 0 saturated heterocycles. The molecule has 0 unspecified atom stereocenters. The van der Waals surface area contributed by atoms with Crippen molar-refractivity contribution in [2.75, 3.05) is 11.9 Å². The standard InChI is InChI=1S/C20H23ClN2O2/c1-13(2)9-10-22-19(24)15-5-4-6-16(11-15)20(25)23-17-8-7-14(3)18(21)12-17/h4-8,11-13H,9-10H2,1-3H3,(H,22,24)(H,23,25). The van der Waals surface area contributed by atoms with Crippen molar-refractivity contribution < 1.29 is 9.59 Å². The van der Waals surface area contributed by atoms with Gasteiger partial charge in [-0.1, -0.05) is 37.6 Å². The first-order chi connectivity index (χ1) is 11.9. The number of hydrogen-bond donors (Lipinski definition) is 2. The van der Waals surface area contributed by atoms with E-state index in [4.69, 9.17) is 11.6 Å². The van der Waals surface area contributed by atoms with E-state index in [0.717, 1.165) is 12.0 Å². The van der Waals surface area contributed by atoms with Crippen LogP contribution in [0.1, 0.15) is 46.5 Å². The highest BCUT2D eigenvalue weighted by molar-refractivity contribution is 6.31. The maximum absolute atomic E-state index is 12.4. The van der Waals surface area contributed by atoms with Crippen molar-refractivity contribution in [2.45, 2.75) is 27.2 Å². The Morgan fingerprint density at radius 1 is 1.04 bits per heavy atom. The lowest BCUT2D eigenvalue weighted by atomic mass is 10.1. The van der Waals surface area contributed by atoms with Crippen LogP contribution in [0.25, 0.3) is 0 Å². The van der Waals surface area contributed by atoms with E-state index in [0.29, 0.717) is 34.3 Å². The Labute approximate surface area is 153 Å². The van der Waals surface area contributed by atoms with Gasteiger partial charge in [0, 0.05) is 28.4 Å². The van der Waals surface area contributed by atoms with Gasteiger partial charge in [0.2, 0.25) is 0 Å². The molecule has 0 spiro atoms. The zero-order chi connectivity index (χ0) is 18.4. The summed E-state index contributed by atoms with van der Waals surface area (Å²) in [6.07, 6.45) is 0.917. The first kappa shape index (κ1) is 19.0. The highest BCUT2D eigenvalue weighted by Crippen LogP contribution is 2.20. The molecule has 0 heterocycles. The minimum Gasteiger partial charge on any atom is -0.352 e. The second kappa shape index (κ2) is 8.67. The summed E-state index contributed by atoms with van der Waals surface area (Å²) < 4.78 is 0. The van der Waals surface area contributed by atoms with Gasteiger partial charge in [-0.25, -0.2) is 0 Å². The van der Waals surface area contributed by atoms with Crippen molar-refractivity contribution >= 4 is 29.1 Å². The predicted octanol–water partition coefficient (Wildman–Crippen LogP) is 4.68. The molecule has 4 nitrogen and oxygen atoms in total. The van der Waals surface area contributed by atoms with Crippen molar-refractivity contribution in [1.29, 1.82) is 0 Å². The van der Waals surface area contributed by atoms with E-state index in [-0.39, 0.29) is 11.8 Å². The molecule has 5 heteroatoms. The molecule has 2 rings (SSSR count). The SMILES string of the molecule is Cc1ccc(NC(=O)c2cccc(C(=O)NCCC(C)C)c2)cc1Cl. The average Bonchev–Trinajstić information content (AvgIpc) is 2.58. The molecule has 25 heavy (non-hydrogen) atoms. The maximum Gasteiger partial charge on any atom is 0.255 e. The molecular weight excluding hydrogens is 336 g/mol. The van der Waals surface area contributed by atoms with Crippen LogP contribution >= 0.6 is 11.6 Å². The van der Waals surface area contributed by atoms with Crippen LogP contribution < -0.4 is 10.6 Å². The highest BCUT2D eigenvalue weighted by Gasteiger charge is 2.11. The third-order valence-electron chi connectivity index (χ3n) is 3.82.